The molecule has 0 saturated heterocycles. The minimum absolute atomic E-state index is 0. The predicted octanol–water partition coefficient (Wildman–Crippen LogP) is 2.31. The molecule has 118 valence electrons. The molecule has 1 aliphatic carbocycles. The molecule has 1 amide bonds. The summed E-state index contributed by atoms with van der Waals surface area (Å²) in [5.74, 6) is 0.951. The summed E-state index contributed by atoms with van der Waals surface area (Å²) in [4.78, 5) is 12.6. The lowest BCUT2D eigenvalue weighted by molar-refractivity contribution is -0.126. The number of methoxy groups -OCH3 is 1. The van der Waals surface area contributed by atoms with Gasteiger partial charge in [0, 0.05) is 13.1 Å². The molecule has 21 heavy (non-hydrogen) atoms. The fourth-order valence-corrected chi connectivity index (χ4v) is 3.10. The van der Waals surface area contributed by atoms with Crippen molar-refractivity contribution in [1.29, 1.82) is 0 Å². The van der Waals surface area contributed by atoms with Crippen molar-refractivity contribution >= 4 is 18.3 Å². The molecule has 0 spiro atoms. The van der Waals surface area contributed by atoms with Crippen LogP contribution >= 0.6 is 12.4 Å². The Balaban J connectivity index is 0.00000220. The highest BCUT2D eigenvalue weighted by atomic mass is 35.5. The van der Waals surface area contributed by atoms with E-state index >= 15 is 0 Å². The standard InChI is InChI=1S/C16H24N2O2.ClH/c1-12-5-6-13(11-14(12)20-2)16(7-3-4-8-16)15(19)18-10-9-17;/h5-6,11H,3-4,7-10,17H2,1-2H3,(H,18,19);1H. The number of carbonyl (C=O) groups is 1. The number of hydrogen-bond acceptors (Lipinski definition) is 3. The van der Waals surface area contributed by atoms with Gasteiger partial charge in [-0.2, -0.15) is 0 Å². The zero-order valence-electron chi connectivity index (χ0n) is 12.8. The Bertz CT molecular complexity index is 485. The first-order valence-corrected chi connectivity index (χ1v) is 7.27. The van der Waals surface area contributed by atoms with E-state index < -0.39 is 5.41 Å². The Kier molecular flexibility index (Phi) is 6.49. The quantitative estimate of drug-likeness (QED) is 0.877. The van der Waals surface area contributed by atoms with E-state index in [0.29, 0.717) is 13.1 Å². The lowest BCUT2D eigenvalue weighted by Crippen LogP contribution is -2.44. The molecule has 0 radical (unpaired) electrons. The summed E-state index contributed by atoms with van der Waals surface area (Å²) in [6.07, 6.45) is 3.98. The molecule has 0 heterocycles. The molecule has 5 heteroatoms. The van der Waals surface area contributed by atoms with Crippen LogP contribution in [0.5, 0.6) is 5.75 Å². The van der Waals surface area contributed by atoms with Gasteiger partial charge in [-0.25, -0.2) is 0 Å². The van der Waals surface area contributed by atoms with E-state index in [9.17, 15) is 4.79 Å². The monoisotopic (exact) mass is 312 g/mol. The van der Waals surface area contributed by atoms with Crippen molar-refractivity contribution < 1.29 is 9.53 Å². The van der Waals surface area contributed by atoms with Crippen molar-refractivity contribution in [2.75, 3.05) is 20.2 Å². The first kappa shape index (κ1) is 17.8. The van der Waals surface area contributed by atoms with Crippen LogP contribution in [0.25, 0.3) is 0 Å². The number of benzene rings is 1. The van der Waals surface area contributed by atoms with Crippen LogP contribution in [-0.2, 0) is 10.2 Å². The van der Waals surface area contributed by atoms with E-state index in [1.165, 1.54) is 0 Å². The molecule has 0 unspecified atom stereocenters. The van der Waals surface area contributed by atoms with Gasteiger partial charge in [0.1, 0.15) is 5.75 Å². The van der Waals surface area contributed by atoms with E-state index in [0.717, 1.165) is 42.6 Å². The van der Waals surface area contributed by atoms with Crippen LogP contribution < -0.4 is 15.8 Å². The molecule has 3 N–H and O–H groups in total. The van der Waals surface area contributed by atoms with Crippen LogP contribution in [-0.4, -0.2) is 26.1 Å². The third-order valence-corrected chi connectivity index (χ3v) is 4.28. The summed E-state index contributed by atoms with van der Waals surface area (Å²) in [6, 6.07) is 6.11. The molecule has 2 rings (SSSR count). The van der Waals surface area contributed by atoms with Crippen molar-refractivity contribution in [2.24, 2.45) is 5.73 Å². The number of ether oxygens (including phenoxy) is 1. The first-order chi connectivity index (χ1) is 9.64. The van der Waals surface area contributed by atoms with E-state index in [-0.39, 0.29) is 18.3 Å². The molecule has 0 atom stereocenters. The van der Waals surface area contributed by atoms with Gasteiger partial charge >= 0.3 is 0 Å². The highest BCUT2D eigenvalue weighted by Gasteiger charge is 2.42. The second-order valence-electron chi connectivity index (χ2n) is 5.52. The van der Waals surface area contributed by atoms with Crippen LogP contribution in [0, 0.1) is 6.92 Å². The second kappa shape index (κ2) is 7.66. The molecular weight excluding hydrogens is 288 g/mol. The minimum atomic E-state index is -0.407. The third-order valence-electron chi connectivity index (χ3n) is 4.28. The lowest BCUT2D eigenvalue weighted by Gasteiger charge is -2.29. The summed E-state index contributed by atoms with van der Waals surface area (Å²) in [6.45, 7) is 3.01. The number of halogens is 1. The number of nitrogens with one attached hydrogen (secondary N) is 1. The Morgan fingerprint density at radius 1 is 1.38 bits per heavy atom. The van der Waals surface area contributed by atoms with Crippen molar-refractivity contribution in [2.45, 2.75) is 38.0 Å². The topological polar surface area (TPSA) is 64.3 Å². The Hall–Kier alpha value is -1.26. The molecule has 1 aromatic carbocycles. The van der Waals surface area contributed by atoms with Crippen molar-refractivity contribution in [3.8, 4) is 5.75 Å². The molecular formula is C16H25ClN2O2. The van der Waals surface area contributed by atoms with Gasteiger partial charge in [0.25, 0.3) is 0 Å². The minimum Gasteiger partial charge on any atom is -0.496 e. The van der Waals surface area contributed by atoms with Crippen LogP contribution in [0.2, 0.25) is 0 Å². The Labute approximate surface area is 132 Å². The molecule has 0 bridgehead atoms. The lowest BCUT2D eigenvalue weighted by atomic mass is 9.77. The van der Waals surface area contributed by atoms with Crippen LogP contribution in [0.4, 0.5) is 0 Å². The maximum Gasteiger partial charge on any atom is 0.230 e. The highest BCUT2D eigenvalue weighted by molar-refractivity contribution is 5.88. The van der Waals surface area contributed by atoms with Gasteiger partial charge in [-0.3, -0.25) is 4.79 Å². The zero-order valence-corrected chi connectivity index (χ0v) is 13.6. The van der Waals surface area contributed by atoms with Gasteiger partial charge in [-0.15, -0.1) is 12.4 Å². The largest absolute Gasteiger partial charge is 0.496 e. The summed E-state index contributed by atoms with van der Waals surface area (Å²) < 4.78 is 5.40. The number of hydrogen-bond donors (Lipinski definition) is 2. The van der Waals surface area contributed by atoms with Gasteiger partial charge in [-0.05, 0) is 37.0 Å². The van der Waals surface area contributed by atoms with Gasteiger partial charge in [-0.1, -0.05) is 25.0 Å². The highest BCUT2D eigenvalue weighted by Crippen LogP contribution is 2.42. The molecule has 0 aliphatic heterocycles. The fraction of sp³-hybridized carbons (Fsp3) is 0.562. The van der Waals surface area contributed by atoms with Gasteiger partial charge < -0.3 is 15.8 Å². The molecule has 1 aliphatic rings. The zero-order chi connectivity index (χ0) is 14.6. The Morgan fingerprint density at radius 3 is 2.62 bits per heavy atom. The van der Waals surface area contributed by atoms with Crippen LogP contribution in [0.15, 0.2) is 18.2 Å². The summed E-state index contributed by atoms with van der Waals surface area (Å²) in [5, 5.41) is 2.96. The van der Waals surface area contributed by atoms with E-state index in [1.54, 1.807) is 7.11 Å². The molecule has 0 aromatic heterocycles. The molecule has 1 fully saturated rings. The number of carbonyl (C=O) groups excluding carboxylic acids is 1. The second-order valence-corrected chi connectivity index (χ2v) is 5.52. The van der Waals surface area contributed by atoms with Gasteiger partial charge in [0.2, 0.25) is 5.91 Å². The summed E-state index contributed by atoms with van der Waals surface area (Å²) in [7, 11) is 1.67. The van der Waals surface area contributed by atoms with E-state index in [4.69, 9.17) is 10.5 Å². The SMILES string of the molecule is COc1cc(C2(C(=O)NCCN)CCCC2)ccc1C.Cl. The van der Waals surface area contributed by atoms with Crippen LogP contribution in [0.3, 0.4) is 0 Å². The van der Waals surface area contributed by atoms with Gasteiger partial charge in [0.15, 0.2) is 0 Å². The van der Waals surface area contributed by atoms with Crippen LogP contribution in [0.1, 0.15) is 36.8 Å². The van der Waals surface area contributed by atoms with Crippen molar-refractivity contribution in [3.63, 3.8) is 0 Å². The van der Waals surface area contributed by atoms with Crippen molar-refractivity contribution in [1.82, 2.24) is 5.32 Å². The van der Waals surface area contributed by atoms with E-state index in [2.05, 4.69) is 11.4 Å². The van der Waals surface area contributed by atoms with E-state index in [1.807, 2.05) is 19.1 Å². The maximum absolute atomic E-state index is 12.6. The predicted molar refractivity (Wildman–Crippen MR) is 87.2 cm³/mol. The third kappa shape index (κ3) is 3.50. The van der Waals surface area contributed by atoms with Gasteiger partial charge in [0.05, 0.1) is 12.5 Å². The molecule has 1 saturated carbocycles. The smallest absolute Gasteiger partial charge is 0.230 e. The maximum atomic E-state index is 12.6. The summed E-state index contributed by atoms with van der Waals surface area (Å²) >= 11 is 0. The fourth-order valence-electron chi connectivity index (χ4n) is 3.10. The normalized spacial score (nSPS) is 16.1. The Morgan fingerprint density at radius 2 is 2.05 bits per heavy atom. The average molecular weight is 313 g/mol. The summed E-state index contributed by atoms with van der Waals surface area (Å²) in [5.41, 5.74) is 7.23. The number of aryl methyl sites for hydroxylation is 1. The number of nitrogens with two attached hydrogens (primary N) is 1. The molecule has 4 nitrogen and oxygen atoms in total. The number of amides is 1. The first-order valence-electron chi connectivity index (χ1n) is 7.27. The number of rotatable bonds is 5. The molecule has 1 aromatic rings. The average Bonchev–Trinajstić information content (AvgIpc) is 2.96. The van der Waals surface area contributed by atoms with Crippen molar-refractivity contribution in [3.05, 3.63) is 29.3 Å².